The fourth-order valence-electron chi connectivity index (χ4n) is 1.55. The Bertz CT molecular complexity index is 628. The predicted molar refractivity (Wildman–Crippen MR) is 78.3 cm³/mol. The number of pyridine rings is 1. The van der Waals surface area contributed by atoms with E-state index in [1.165, 1.54) is 6.20 Å². The van der Waals surface area contributed by atoms with Crippen molar-refractivity contribution in [3.63, 3.8) is 0 Å². The fourth-order valence-corrected chi connectivity index (χ4v) is 2.17. The van der Waals surface area contributed by atoms with E-state index < -0.39 is 0 Å². The van der Waals surface area contributed by atoms with Crippen LogP contribution in [0.3, 0.4) is 0 Å². The van der Waals surface area contributed by atoms with E-state index in [0.29, 0.717) is 17.7 Å². The summed E-state index contributed by atoms with van der Waals surface area (Å²) in [7, 11) is 0. The maximum atomic E-state index is 12.0. The topological polar surface area (TPSA) is 80.9 Å². The summed E-state index contributed by atoms with van der Waals surface area (Å²) in [5.74, 6) is 5.42. The van der Waals surface area contributed by atoms with Gasteiger partial charge >= 0.3 is 0 Å². The molecule has 0 aliphatic rings. The van der Waals surface area contributed by atoms with Crippen molar-refractivity contribution in [3.8, 4) is 11.8 Å². The van der Waals surface area contributed by atoms with Gasteiger partial charge in [-0.25, -0.2) is 4.98 Å². The molecule has 6 heteroatoms. The van der Waals surface area contributed by atoms with Crippen LogP contribution in [0.2, 0.25) is 0 Å². The van der Waals surface area contributed by atoms with Crippen LogP contribution in [0.4, 0.5) is 0 Å². The van der Waals surface area contributed by atoms with Crippen molar-refractivity contribution in [1.29, 1.82) is 0 Å². The lowest BCUT2D eigenvalue weighted by atomic mass is 10.2. The highest BCUT2D eigenvalue weighted by Crippen LogP contribution is 2.04. The van der Waals surface area contributed by atoms with Crippen molar-refractivity contribution in [3.05, 3.63) is 46.2 Å². The smallest absolute Gasteiger partial charge is 0.252 e. The van der Waals surface area contributed by atoms with Gasteiger partial charge < -0.3 is 11.1 Å². The Morgan fingerprint density at radius 3 is 3.10 bits per heavy atom. The zero-order chi connectivity index (χ0) is 14.2. The molecule has 5 nitrogen and oxygen atoms in total. The minimum absolute atomic E-state index is 0.162. The number of amides is 1. The summed E-state index contributed by atoms with van der Waals surface area (Å²) in [5, 5.41) is 5.76. The first-order chi connectivity index (χ1) is 9.79. The fraction of sp³-hybridized carbons (Fsp3) is 0.214. The van der Waals surface area contributed by atoms with Gasteiger partial charge in [0.2, 0.25) is 0 Å². The minimum Gasteiger partial charge on any atom is -0.352 e. The van der Waals surface area contributed by atoms with E-state index in [9.17, 15) is 4.79 Å². The number of carbonyl (C=O) groups is 1. The van der Waals surface area contributed by atoms with Crippen LogP contribution in [0.25, 0.3) is 0 Å². The number of hydrogen-bond donors (Lipinski definition) is 2. The summed E-state index contributed by atoms with van der Waals surface area (Å²) in [6.07, 6.45) is 5.61. The quantitative estimate of drug-likeness (QED) is 0.815. The molecule has 0 radical (unpaired) electrons. The van der Waals surface area contributed by atoms with E-state index in [2.05, 4.69) is 27.1 Å². The molecular formula is C14H14N4OS. The van der Waals surface area contributed by atoms with E-state index in [0.717, 1.165) is 11.4 Å². The van der Waals surface area contributed by atoms with Crippen LogP contribution < -0.4 is 11.1 Å². The summed E-state index contributed by atoms with van der Waals surface area (Å²) in [4.78, 5) is 20.1. The molecule has 2 rings (SSSR count). The average Bonchev–Trinajstić information content (AvgIpc) is 2.98. The van der Waals surface area contributed by atoms with E-state index in [1.807, 2.05) is 5.38 Å². The first kappa shape index (κ1) is 14.2. The number of nitrogens with zero attached hydrogens (tertiary/aromatic N) is 2. The summed E-state index contributed by atoms with van der Waals surface area (Å²) >= 11 is 1.58. The molecule has 0 saturated carbocycles. The minimum atomic E-state index is -0.162. The Morgan fingerprint density at radius 1 is 1.45 bits per heavy atom. The molecule has 0 atom stereocenters. The van der Waals surface area contributed by atoms with Gasteiger partial charge in [0, 0.05) is 42.5 Å². The molecule has 102 valence electrons. The van der Waals surface area contributed by atoms with Crippen LogP contribution in [0.1, 0.15) is 20.9 Å². The van der Waals surface area contributed by atoms with Crippen molar-refractivity contribution in [1.82, 2.24) is 15.3 Å². The molecule has 2 heterocycles. The highest BCUT2D eigenvalue weighted by molar-refractivity contribution is 7.09. The van der Waals surface area contributed by atoms with Crippen molar-refractivity contribution in [2.45, 2.75) is 6.42 Å². The lowest BCUT2D eigenvalue weighted by Gasteiger charge is -2.03. The molecule has 0 aliphatic heterocycles. The number of nitrogens with one attached hydrogen (secondary N) is 1. The predicted octanol–water partition coefficient (Wildman–Crippen LogP) is 0.821. The molecule has 3 N–H and O–H groups in total. The average molecular weight is 286 g/mol. The van der Waals surface area contributed by atoms with E-state index in [-0.39, 0.29) is 12.5 Å². The van der Waals surface area contributed by atoms with Crippen molar-refractivity contribution < 1.29 is 4.79 Å². The largest absolute Gasteiger partial charge is 0.352 e. The molecule has 2 aromatic rings. The lowest BCUT2D eigenvalue weighted by molar-refractivity contribution is 0.0953. The van der Waals surface area contributed by atoms with Gasteiger partial charge in [0.25, 0.3) is 5.91 Å². The van der Waals surface area contributed by atoms with Gasteiger partial charge in [-0.05, 0) is 6.07 Å². The van der Waals surface area contributed by atoms with Crippen LogP contribution in [-0.4, -0.2) is 29.0 Å². The number of rotatable bonds is 4. The molecule has 0 aliphatic carbocycles. The Balaban J connectivity index is 1.91. The van der Waals surface area contributed by atoms with Crippen LogP contribution in [0, 0.1) is 11.8 Å². The second kappa shape index (κ2) is 7.38. The zero-order valence-electron chi connectivity index (χ0n) is 10.8. The molecule has 0 bridgehead atoms. The Morgan fingerprint density at radius 2 is 2.35 bits per heavy atom. The lowest BCUT2D eigenvalue weighted by Crippen LogP contribution is -2.25. The summed E-state index contributed by atoms with van der Waals surface area (Å²) in [6.45, 7) is 0.829. The van der Waals surface area contributed by atoms with E-state index >= 15 is 0 Å². The zero-order valence-corrected chi connectivity index (χ0v) is 11.6. The molecule has 0 unspecified atom stereocenters. The first-order valence-electron chi connectivity index (χ1n) is 6.10. The molecule has 1 amide bonds. The van der Waals surface area contributed by atoms with Crippen LogP contribution in [0.5, 0.6) is 0 Å². The first-order valence-corrected chi connectivity index (χ1v) is 6.98. The van der Waals surface area contributed by atoms with Gasteiger partial charge in [0.1, 0.15) is 0 Å². The van der Waals surface area contributed by atoms with Gasteiger partial charge in [-0.3, -0.25) is 9.78 Å². The van der Waals surface area contributed by atoms with E-state index in [4.69, 9.17) is 5.73 Å². The SMILES string of the molecule is NCC#Cc1cncc(C(=O)NCCc2nccs2)c1. The summed E-state index contributed by atoms with van der Waals surface area (Å²) in [5.41, 5.74) is 6.48. The number of aromatic nitrogens is 2. The second-order valence-corrected chi connectivity index (χ2v) is 4.88. The molecule has 20 heavy (non-hydrogen) atoms. The third-order valence-corrected chi connectivity index (χ3v) is 3.28. The third-order valence-electron chi connectivity index (χ3n) is 2.44. The Kier molecular flexibility index (Phi) is 5.24. The van der Waals surface area contributed by atoms with Crippen LogP contribution in [0.15, 0.2) is 30.0 Å². The highest BCUT2D eigenvalue weighted by atomic mass is 32.1. The maximum Gasteiger partial charge on any atom is 0.252 e. The van der Waals surface area contributed by atoms with Crippen molar-refractivity contribution >= 4 is 17.2 Å². The van der Waals surface area contributed by atoms with Gasteiger partial charge in [0.15, 0.2) is 0 Å². The van der Waals surface area contributed by atoms with Gasteiger partial charge in [0.05, 0.1) is 17.1 Å². The third kappa shape index (κ3) is 4.16. The molecule has 0 saturated heterocycles. The second-order valence-electron chi connectivity index (χ2n) is 3.90. The summed E-state index contributed by atoms with van der Waals surface area (Å²) < 4.78 is 0. The molecule has 0 aromatic carbocycles. The monoisotopic (exact) mass is 286 g/mol. The Labute approximate surface area is 121 Å². The molecular weight excluding hydrogens is 272 g/mol. The molecule has 0 spiro atoms. The molecule has 0 fully saturated rings. The normalized spacial score (nSPS) is 9.65. The number of hydrogen-bond acceptors (Lipinski definition) is 5. The summed E-state index contributed by atoms with van der Waals surface area (Å²) in [6, 6.07) is 1.70. The Hall–Kier alpha value is -2.23. The standard InChI is InChI=1S/C14H14N4OS/c15-4-1-2-11-8-12(10-16-9-11)14(19)18-5-3-13-17-6-7-20-13/h6-10H,3-5,15H2,(H,18,19). The number of thiazole rings is 1. The number of nitrogens with two attached hydrogens (primary N) is 1. The highest BCUT2D eigenvalue weighted by Gasteiger charge is 2.06. The number of carbonyl (C=O) groups excluding carboxylic acids is 1. The van der Waals surface area contributed by atoms with Gasteiger partial charge in [-0.15, -0.1) is 11.3 Å². The van der Waals surface area contributed by atoms with Gasteiger partial charge in [-0.1, -0.05) is 11.8 Å². The van der Waals surface area contributed by atoms with Crippen LogP contribution in [-0.2, 0) is 6.42 Å². The van der Waals surface area contributed by atoms with E-state index in [1.54, 1.807) is 29.8 Å². The maximum absolute atomic E-state index is 12.0. The molecule has 2 aromatic heterocycles. The van der Waals surface area contributed by atoms with Crippen molar-refractivity contribution in [2.75, 3.05) is 13.1 Å². The van der Waals surface area contributed by atoms with Crippen LogP contribution >= 0.6 is 11.3 Å². The van der Waals surface area contributed by atoms with Crippen molar-refractivity contribution in [2.24, 2.45) is 5.73 Å². The van der Waals surface area contributed by atoms with Gasteiger partial charge in [-0.2, -0.15) is 0 Å².